The molecule has 0 atom stereocenters. The molecule has 2 aromatic heterocycles. The molecule has 0 saturated carbocycles. The number of fused-ring (bicyclic) bond motifs is 7. The second-order valence-electron chi connectivity index (χ2n) is 12.3. The average molecular weight is 564 g/mol. The van der Waals surface area contributed by atoms with Gasteiger partial charge in [0.05, 0.1) is 22.2 Å². The van der Waals surface area contributed by atoms with Crippen LogP contribution in [0.15, 0.2) is 140 Å². The number of rotatable bonds is 3. The van der Waals surface area contributed by atoms with E-state index in [2.05, 4.69) is 134 Å². The predicted molar refractivity (Wildman–Crippen MR) is 182 cm³/mol. The monoisotopic (exact) mass is 563 g/mol. The molecule has 44 heavy (non-hydrogen) atoms. The highest BCUT2D eigenvalue weighted by Gasteiger charge is 2.36. The van der Waals surface area contributed by atoms with Crippen LogP contribution in [0.2, 0.25) is 0 Å². The Kier molecular flexibility index (Phi) is 5.24. The molecule has 9 rings (SSSR count). The summed E-state index contributed by atoms with van der Waals surface area (Å²) in [6.07, 6.45) is 0. The minimum atomic E-state index is -0.0764. The summed E-state index contributed by atoms with van der Waals surface area (Å²) >= 11 is 0. The van der Waals surface area contributed by atoms with E-state index in [1.807, 2.05) is 24.3 Å². The van der Waals surface area contributed by atoms with Crippen molar-refractivity contribution in [1.82, 2.24) is 14.5 Å². The van der Waals surface area contributed by atoms with Crippen molar-refractivity contribution >= 4 is 32.7 Å². The lowest BCUT2D eigenvalue weighted by Crippen LogP contribution is -2.14. The molecule has 2 heterocycles. The largest absolute Gasteiger partial charge is 0.309 e. The molecule has 0 radical (unpaired) electrons. The quantitative estimate of drug-likeness (QED) is 0.214. The molecule has 0 fully saturated rings. The van der Waals surface area contributed by atoms with Gasteiger partial charge in [-0.05, 0) is 58.7 Å². The summed E-state index contributed by atoms with van der Waals surface area (Å²) in [4.78, 5) is 10.2. The Morgan fingerprint density at radius 3 is 2.02 bits per heavy atom. The first-order valence-electron chi connectivity index (χ1n) is 15.2. The van der Waals surface area contributed by atoms with Crippen LogP contribution >= 0.6 is 0 Å². The number of hydrogen-bond acceptors (Lipinski definition) is 2. The Morgan fingerprint density at radius 1 is 0.500 bits per heavy atom. The van der Waals surface area contributed by atoms with Gasteiger partial charge in [-0.1, -0.05) is 117 Å². The summed E-state index contributed by atoms with van der Waals surface area (Å²) in [6.45, 7) is 4.70. The molecule has 0 spiro atoms. The number of benzene rings is 6. The number of aromatic nitrogens is 3. The van der Waals surface area contributed by atoms with Crippen LogP contribution in [-0.4, -0.2) is 14.5 Å². The molecule has 0 N–H and O–H groups in total. The van der Waals surface area contributed by atoms with Crippen LogP contribution in [0.25, 0.3) is 72.2 Å². The fourth-order valence-corrected chi connectivity index (χ4v) is 7.23. The molecule has 1 aliphatic rings. The lowest BCUT2D eigenvalue weighted by Gasteiger charge is -2.21. The third-order valence-electron chi connectivity index (χ3n) is 9.39. The summed E-state index contributed by atoms with van der Waals surface area (Å²) < 4.78 is 2.42. The van der Waals surface area contributed by atoms with E-state index in [4.69, 9.17) is 9.97 Å². The van der Waals surface area contributed by atoms with Crippen LogP contribution in [-0.2, 0) is 5.41 Å². The van der Waals surface area contributed by atoms with Gasteiger partial charge in [0.1, 0.15) is 0 Å². The third kappa shape index (κ3) is 3.56. The number of hydrogen-bond donors (Lipinski definition) is 0. The lowest BCUT2D eigenvalue weighted by molar-refractivity contribution is 0.661. The van der Waals surface area contributed by atoms with Crippen LogP contribution in [0.3, 0.4) is 0 Å². The number of nitrogens with zero attached hydrogens (tertiary/aromatic N) is 3. The van der Waals surface area contributed by atoms with Crippen molar-refractivity contribution in [2.24, 2.45) is 0 Å². The van der Waals surface area contributed by atoms with Crippen molar-refractivity contribution in [3.05, 3.63) is 151 Å². The average Bonchev–Trinajstić information content (AvgIpc) is 3.52. The van der Waals surface area contributed by atoms with E-state index in [1.165, 1.54) is 44.1 Å². The Labute approximate surface area is 256 Å². The van der Waals surface area contributed by atoms with Crippen molar-refractivity contribution in [2.75, 3.05) is 0 Å². The van der Waals surface area contributed by atoms with E-state index in [0.717, 1.165) is 39.2 Å². The zero-order valence-electron chi connectivity index (χ0n) is 24.6. The highest BCUT2D eigenvalue weighted by atomic mass is 15.0. The first-order valence-corrected chi connectivity index (χ1v) is 15.2. The highest BCUT2D eigenvalue weighted by Crippen LogP contribution is 2.51. The zero-order valence-corrected chi connectivity index (χ0v) is 24.6. The maximum atomic E-state index is 5.16. The molecule has 3 nitrogen and oxygen atoms in total. The van der Waals surface area contributed by atoms with Crippen LogP contribution in [0.5, 0.6) is 0 Å². The molecule has 6 aromatic carbocycles. The first-order chi connectivity index (χ1) is 21.6. The summed E-state index contributed by atoms with van der Waals surface area (Å²) in [5.74, 6) is 0.735. The normalized spacial score (nSPS) is 13.4. The van der Waals surface area contributed by atoms with E-state index >= 15 is 0 Å². The summed E-state index contributed by atoms with van der Waals surface area (Å²) in [5, 5.41) is 3.56. The van der Waals surface area contributed by atoms with Crippen molar-refractivity contribution < 1.29 is 0 Å². The van der Waals surface area contributed by atoms with Crippen LogP contribution in [0, 0.1) is 0 Å². The topological polar surface area (TPSA) is 30.7 Å². The Hall–Kier alpha value is -5.54. The molecule has 0 amide bonds. The Morgan fingerprint density at radius 2 is 1.20 bits per heavy atom. The fourth-order valence-electron chi connectivity index (χ4n) is 7.23. The SMILES string of the molecule is CC1(C)c2ccccc2-c2cc3c4ccccc4n(-c4ccc5nc(-c6ccccc6)nc(-c6ccccc6)c5c4)c3cc21. The van der Waals surface area contributed by atoms with E-state index in [9.17, 15) is 0 Å². The molecule has 3 heteroatoms. The van der Waals surface area contributed by atoms with Gasteiger partial charge < -0.3 is 4.57 Å². The molecule has 0 unspecified atom stereocenters. The van der Waals surface area contributed by atoms with Gasteiger partial charge in [0.25, 0.3) is 0 Å². The third-order valence-corrected chi connectivity index (χ3v) is 9.39. The molecule has 8 aromatic rings. The lowest BCUT2D eigenvalue weighted by atomic mass is 9.82. The minimum Gasteiger partial charge on any atom is -0.309 e. The Balaban J connectivity index is 1.33. The molecule has 1 aliphatic carbocycles. The highest BCUT2D eigenvalue weighted by molar-refractivity contribution is 6.12. The molecule has 0 aliphatic heterocycles. The first kappa shape index (κ1) is 25.0. The maximum absolute atomic E-state index is 5.16. The predicted octanol–water partition coefficient (Wildman–Crippen LogP) is 10.4. The number of para-hydroxylation sites is 1. The smallest absolute Gasteiger partial charge is 0.160 e. The van der Waals surface area contributed by atoms with Gasteiger partial charge in [-0.25, -0.2) is 9.97 Å². The standard InChI is InChI=1S/C41H29N3/c1-41(2)34-19-11-9-17-29(34)31-24-32-30-18-10-12-20-37(30)44(38(32)25-35(31)41)28-21-22-36-33(23-28)39(26-13-5-3-6-14-26)43-40(42-36)27-15-7-4-8-16-27/h3-25H,1-2H3. The molecular weight excluding hydrogens is 534 g/mol. The van der Waals surface area contributed by atoms with Crippen molar-refractivity contribution in [3.63, 3.8) is 0 Å². The van der Waals surface area contributed by atoms with Crippen molar-refractivity contribution in [1.29, 1.82) is 0 Å². The summed E-state index contributed by atoms with van der Waals surface area (Å²) in [6, 6.07) is 49.8. The second-order valence-corrected chi connectivity index (χ2v) is 12.3. The van der Waals surface area contributed by atoms with Gasteiger partial charge in [-0.3, -0.25) is 0 Å². The maximum Gasteiger partial charge on any atom is 0.160 e. The summed E-state index contributed by atoms with van der Waals surface area (Å²) in [5.41, 5.74) is 12.8. The van der Waals surface area contributed by atoms with Gasteiger partial charge in [0.15, 0.2) is 5.82 Å². The van der Waals surface area contributed by atoms with E-state index in [-0.39, 0.29) is 5.41 Å². The Bertz CT molecular complexity index is 2400. The van der Waals surface area contributed by atoms with Crippen LogP contribution < -0.4 is 0 Å². The molecule has 0 bridgehead atoms. The van der Waals surface area contributed by atoms with Gasteiger partial charge in [-0.2, -0.15) is 0 Å². The van der Waals surface area contributed by atoms with Gasteiger partial charge in [0, 0.05) is 38.4 Å². The van der Waals surface area contributed by atoms with Gasteiger partial charge in [-0.15, -0.1) is 0 Å². The molecule has 208 valence electrons. The zero-order chi connectivity index (χ0) is 29.4. The molecule has 0 saturated heterocycles. The van der Waals surface area contributed by atoms with Crippen LogP contribution in [0.4, 0.5) is 0 Å². The minimum absolute atomic E-state index is 0.0764. The van der Waals surface area contributed by atoms with E-state index < -0.39 is 0 Å². The fraction of sp³-hybridized carbons (Fsp3) is 0.0732. The van der Waals surface area contributed by atoms with Gasteiger partial charge >= 0.3 is 0 Å². The van der Waals surface area contributed by atoms with E-state index in [1.54, 1.807) is 0 Å². The van der Waals surface area contributed by atoms with Crippen molar-refractivity contribution in [2.45, 2.75) is 19.3 Å². The van der Waals surface area contributed by atoms with Crippen molar-refractivity contribution in [3.8, 4) is 39.5 Å². The molecular formula is C41H29N3. The summed E-state index contributed by atoms with van der Waals surface area (Å²) in [7, 11) is 0. The second kappa shape index (κ2) is 9.23. The van der Waals surface area contributed by atoms with Gasteiger partial charge in [0.2, 0.25) is 0 Å². The van der Waals surface area contributed by atoms with Crippen LogP contribution in [0.1, 0.15) is 25.0 Å². The van der Waals surface area contributed by atoms with E-state index in [0.29, 0.717) is 0 Å².